The lowest BCUT2D eigenvalue weighted by molar-refractivity contribution is -0.156. The minimum Gasteiger partial charge on any atom is -0.494 e. The highest BCUT2D eigenvalue weighted by atomic mass is 32.1. The summed E-state index contributed by atoms with van der Waals surface area (Å²) in [5, 5.41) is 7.16. The molecule has 2 amide bonds. The van der Waals surface area contributed by atoms with E-state index in [9.17, 15) is 14.4 Å². The van der Waals surface area contributed by atoms with E-state index in [-0.39, 0.29) is 11.8 Å². The maximum absolute atomic E-state index is 12.5. The Hall–Kier alpha value is -2.87. The fraction of sp³-hybridized carbons (Fsp3) is 0.381. The number of rotatable bonds is 9. The summed E-state index contributed by atoms with van der Waals surface area (Å²) in [7, 11) is 0. The molecule has 0 saturated carbocycles. The summed E-state index contributed by atoms with van der Waals surface area (Å²) < 4.78 is 10.7. The summed E-state index contributed by atoms with van der Waals surface area (Å²) in [6.07, 6.45) is -1.02. The van der Waals surface area contributed by atoms with E-state index in [1.54, 1.807) is 55.6 Å². The molecule has 2 aromatic rings. The van der Waals surface area contributed by atoms with Gasteiger partial charge in [0, 0.05) is 5.69 Å². The van der Waals surface area contributed by atoms with Crippen LogP contribution < -0.4 is 15.4 Å². The number of thiophene rings is 1. The van der Waals surface area contributed by atoms with Crippen LogP contribution >= 0.6 is 11.3 Å². The van der Waals surface area contributed by atoms with Gasteiger partial charge in [-0.3, -0.25) is 9.59 Å². The number of ether oxygens (including phenoxy) is 2. The van der Waals surface area contributed by atoms with Crippen molar-refractivity contribution in [1.82, 2.24) is 5.32 Å². The molecule has 1 aromatic carbocycles. The number of hydrogen-bond acceptors (Lipinski definition) is 6. The first-order valence-corrected chi connectivity index (χ1v) is 10.3. The van der Waals surface area contributed by atoms with Gasteiger partial charge in [0.25, 0.3) is 11.8 Å². The summed E-state index contributed by atoms with van der Waals surface area (Å²) in [6.45, 7) is 7.52. The molecule has 0 fully saturated rings. The van der Waals surface area contributed by atoms with E-state index in [4.69, 9.17) is 9.47 Å². The van der Waals surface area contributed by atoms with Crippen LogP contribution in [0.15, 0.2) is 41.8 Å². The van der Waals surface area contributed by atoms with Crippen molar-refractivity contribution in [2.45, 2.75) is 39.8 Å². The van der Waals surface area contributed by atoms with Crippen LogP contribution in [-0.2, 0) is 14.3 Å². The number of benzene rings is 1. The Bertz CT molecular complexity index is 818. The second-order valence-electron chi connectivity index (χ2n) is 6.70. The van der Waals surface area contributed by atoms with Crippen molar-refractivity contribution >= 4 is 34.8 Å². The van der Waals surface area contributed by atoms with Crippen LogP contribution in [-0.4, -0.2) is 36.5 Å². The summed E-state index contributed by atoms with van der Waals surface area (Å²) in [6, 6.07) is 9.47. The van der Waals surface area contributed by atoms with E-state index in [1.807, 2.05) is 6.92 Å². The molecule has 0 radical (unpaired) electrons. The highest BCUT2D eigenvalue weighted by Crippen LogP contribution is 2.16. The quantitative estimate of drug-likeness (QED) is 0.608. The third-order valence-electron chi connectivity index (χ3n) is 4.05. The van der Waals surface area contributed by atoms with Gasteiger partial charge in [0.05, 0.1) is 11.5 Å². The van der Waals surface area contributed by atoms with Crippen LogP contribution in [0.2, 0.25) is 0 Å². The number of anilines is 1. The lowest BCUT2D eigenvalue weighted by Gasteiger charge is -2.22. The van der Waals surface area contributed by atoms with Gasteiger partial charge in [-0.2, -0.15) is 0 Å². The van der Waals surface area contributed by atoms with Gasteiger partial charge >= 0.3 is 5.97 Å². The van der Waals surface area contributed by atoms with Crippen molar-refractivity contribution in [3.8, 4) is 5.75 Å². The highest BCUT2D eigenvalue weighted by molar-refractivity contribution is 7.12. The number of carbonyl (C=O) groups excluding carboxylic acids is 3. The zero-order chi connectivity index (χ0) is 21.4. The van der Waals surface area contributed by atoms with Crippen molar-refractivity contribution in [2.75, 3.05) is 11.9 Å². The zero-order valence-corrected chi connectivity index (χ0v) is 17.7. The van der Waals surface area contributed by atoms with Crippen LogP contribution in [0.1, 0.15) is 37.4 Å². The van der Waals surface area contributed by atoms with E-state index in [1.165, 1.54) is 18.3 Å². The van der Waals surface area contributed by atoms with Gasteiger partial charge in [-0.1, -0.05) is 19.9 Å². The van der Waals surface area contributed by atoms with Gasteiger partial charge in [-0.15, -0.1) is 11.3 Å². The predicted molar refractivity (Wildman–Crippen MR) is 112 cm³/mol. The molecule has 156 valence electrons. The van der Waals surface area contributed by atoms with Gasteiger partial charge < -0.3 is 20.1 Å². The van der Waals surface area contributed by atoms with Crippen LogP contribution in [0.25, 0.3) is 0 Å². The normalized spacial score (nSPS) is 12.7. The Balaban J connectivity index is 1.93. The molecule has 7 nitrogen and oxygen atoms in total. The Labute approximate surface area is 174 Å². The van der Waals surface area contributed by atoms with Gasteiger partial charge in [0.1, 0.15) is 11.8 Å². The topological polar surface area (TPSA) is 93.7 Å². The van der Waals surface area contributed by atoms with E-state index < -0.39 is 24.0 Å². The predicted octanol–water partition coefficient (Wildman–Crippen LogP) is 3.47. The first-order chi connectivity index (χ1) is 13.8. The number of nitrogens with one attached hydrogen (secondary N) is 2. The Morgan fingerprint density at radius 1 is 1.07 bits per heavy atom. The van der Waals surface area contributed by atoms with Crippen LogP contribution in [0, 0.1) is 5.92 Å². The number of amides is 2. The number of esters is 1. The average Bonchev–Trinajstić information content (AvgIpc) is 3.22. The maximum atomic E-state index is 12.5. The smallest absolute Gasteiger partial charge is 0.329 e. The Kier molecular flexibility index (Phi) is 8.21. The van der Waals surface area contributed by atoms with Crippen molar-refractivity contribution in [3.63, 3.8) is 0 Å². The van der Waals surface area contributed by atoms with Gasteiger partial charge in [0.15, 0.2) is 6.10 Å². The fourth-order valence-corrected chi connectivity index (χ4v) is 3.09. The van der Waals surface area contributed by atoms with E-state index in [0.29, 0.717) is 22.9 Å². The molecule has 0 bridgehead atoms. The lowest BCUT2D eigenvalue weighted by Crippen LogP contribution is -2.47. The molecule has 2 rings (SSSR count). The van der Waals surface area contributed by atoms with Crippen molar-refractivity contribution in [2.24, 2.45) is 5.92 Å². The fourth-order valence-electron chi connectivity index (χ4n) is 2.46. The standard InChI is InChI=1S/C21H26N2O5S/c1-5-27-16-10-8-15(9-11-16)22-19(24)14(4)28-21(26)18(13(2)3)23-20(25)17-7-6-12-29-17/h6-14,18H,5H2,1-4H3,(H,22,24)(H,23,25)/t14-,18+/m0/s1. The molecule has 1 aromatic heterocycles. The molecular formula is C21H26N2O5S. The second-order valence-corrected chi connectivity index (χ2v) is 7.65. The first kappa shape index (κ1) is 22.4. The summed E-state index contributed by atoms with van der Waals surface area (Å²) in [4.78, 5) is 37.7. The van der Waals surface area contributed by atoms with Gasteiger partial charge in [-0.25, -0.2) is 4.79 Å². The van der Waals surface area contributed by atoms with Crippen LogP contribution in [0.5, 0.6) is 5.75 Å². The third kappa shape index (κ3) is 6.60. The lowest BCUT2D eigenvalue weighted by atomic mass is 10.0. The maximum Gasteiger partial charge on any atom is 0.329 e. The zero-order valence-electron chi connectivity index (χ0n) is 16.9. The number of hydrogen-bond donors (Lipinski definition) is 2. The van der Waals surface area contributed by atoms with E-state index >= 15 is 0 Å². The molecule has 0 aliphatic rings. The molecule has 2 atom stereocenters. The molecule has 2 N–H and O–H groups in total. The van der Waals surface area contributed by atoms with E-state index in [2.05, 4.69) is 10.6 Å². The SMILES string of the molecule is CCOc1ccc(NC(=O)[C@H](C)OC(=O)[C@H](NC(=O)c2cccs2)C(C)C)cc1. The molecule has 0 spiro atoms. The van der Waals surface area contributed by atoms with Crippen molar-refractivity contribution in [1.29, 1.82) is 0 Å². The largest absolute Gasteiger partial charge is 0.494 e. The molecule has 0 saturated heterocycles. The minimum absolute atomic E-state index is 0.201. The third-order valence-corrected chi connectivity index (χ3v) is 4.92. The van der Waals surface area contributed by atoms with Gasteiger partial charge in [-0.05, 0) is 55.5 Å². The monoisotopic (exact) mass is 418 g/mol. The van der Waals surface area contributed by atoms with E-state index in [0.717, 1.165) is 0 Å². The van der Waals surface area contributed by atoms with Gasteiger partial charge in [0.2, 0.25) is 0 Å². The minimum atomic E-state index is -1.02. The summed E-state index contributed by atoms with van der Waals surface area (Å²) in [5.74, 6) is -0.963. The molecule has 0 unspecified atom stereocenters. The Morgan fingerprint density at radius 2 is 1.76 bits per heavy atom. The average molecular weight is 419 g/mol. The molecular weight excluding hydrogens is 392 g/mol. The molecule has 0 aliphatic heterocycles. The molecule has 29 heavy (non-hydrogen) atoms. The van der Waals surface area contributed by atoms with Crippen LogP contribution in [0.3, 0.4) is 0 Å². The molecule has 8 heteroatoms. The number of carbonyl (C=O) groups is 3. The second kappa shape index (κ2) is 10.6. The summed E-state index contributed by atoms with van der Waals surface area (Å²) >= 11 is 1.28. The Morgan fingerprint density at radius 3 is 2.31 bits per heavy atom. The highest BCUT2D eigenvalue weighted by Gasteiger charge is 2.29. The first-order valence-electron chi connectivity index (χ1n) is 9.40. The molecule has 0 aliphatic carbocycles. The molecule has 1 heterocycles. The van der Waals surface area contributed by atoms with Crippen LogP contribution in [0.4, 0.5) is 5.69 Å². The van der Waals surface area contributed by atoms with Crippen molar-refractivity contribution in [3.05, 3.63) is 46.7 Å². The summed E-state index contributed by atoms with van der Waals surface area (Å²) in [5.41, 5.74) is 0.563. The van der Waals surface area contributed by atoms with Crippen molar-refractivity contribution < 1.29 is 23.9 Å².